The van der Waals surface area contributed by atoms with Gasteiger partial charge in [-0.3, -0.25) is 9.69 Å². The van der Waals surface area contributed by atoms with Crippen LogP contribution in [0.2, 0.25) is 0 Å². The van der Waals surface area contributed by atoms with Gasteiger partial charge in [-0.2, -0.15) is 0 Å². The number of thiophene rings is 1. The topological polar surface area (TPSA) is 98.2 Å². The Morgan fingerprint density at radius 2 is 2.03 bits per heavy atom. The van der Waals surface area contributed by atoms with Crippen LogP contribution in [0.3, 0.4) is 0 Å². The van der Waals surface area contributed by atoms with Crippen molar-refractivity contribution in [2.45, 2.75) is 39.5 Å². The first kappa shape index (κ1) is 24.1. The van der Waals surface area contributed by atoms with Gasteiger partial charge in [0.05, 0.1) is 31.8 Å². The number of ether oxygens (including phenoxy) is 2. The molecule has 0 aliphatic heterocycles. The number of tetrazole rings is 1. The van der Waals surface area contributed by atoms with Crippen molar-refractivity contribution in [2.75, 3.05) is 20.8 Å². The maximum Gasteiger partial charge on any atom is 0.252 e. The lowest BCUT2D eigenvalue weighted by Crippen LogP contribution is -2.35. The molecule has 0 spiro atoms. The minimum atomic E-state index is -0.113. The zero-order chi connectivity index (χ0) is 24.1. The molecule has 4 rings (SSSR count). The van der Waals surface area contributed by atoms with E-state index in [2.05, 4.69) is 50.7 Å². The SMILES string of the molecule is COCCn1nnnc1[C@@H](C(C)C)N(Cc1cccs1)Cc1cc2ccc(OC)cc2[nH]c1=O. The highest BCUT2D eigenvalue weighted by atomic mass is 32.1. The number of hydrogen-bond acceptors (Lipinski definition) is 8. The third-order valence-electron chi connectivity index (χ3n) is 5.80. The molecule has 3 heterocycles. The highest BCUT2D eigenvalue weighted by Crippen LogP contribution is 2.31. The van der Waals surface area contributed by atoms with Crippen molar-refractivity contribution in [1.29, 1.82) is 0 Å². The van der Waals surface area contributed by atoms with Gasteiger partial charge in [-0.15, -0.1) is 16.4 Å². The van der Waals surface area contributed by atoms with Crippen LogP contribution in [0, 0.1) is 5.92 Å². The summed E-state index contributed by atoms with van der Waals surface area (Å²) in [4.78, 5) is 19.6. The van der Waals surface area contributed by atoms with Crippen molar-refractivity contribution in [1.82, 2.24) is 30.1 Å². The lowest BCUT2D eigenvalue weighted by Gasteiger charge is -2.33. The number of methoxy groups -OCH3 is 2. The minimum Gasteiger partial charge on any atom is -0.497 e. The van der Waals surface area contributed by atoms with E-state index in [4.69, 9.17) is 9.47 Å². The van der Waals surface area contributed by atoms with Gasteiger partial charge in [-0.25, -0.2) is 4.68 Å². The van der Waals surface area contributed by atoms with E-state index in [1.807, 2.05) is 30.3 Å². The van der Waals surface area contributed by atoms with E-state index in [1.54, 1.807) is 30.2 Å². The Kier molecular flexibility index (Phi) is 7.71. The molecule has 0 aliphatic carbocycles. The van der Waals surface area contributed by atoms with Crippen LogP contribution in [-0.2, 0) is 24.4 Å². The zero-order valence-corrected chi connectivity index (χ0v) is 20.7. The van der Waals surface area contributed by atoms with Gasteiger partial charge in [-0.05, 0) is 51.4 Å². The fourth-order valence-corrected chi connectivity index (χ4v) is 4.92. The van der Waals surface area contributed by atoms with E-state index in [-0.39, 0.29) is 17.5 Å². The largest absolute Gasteiger partial charge is 0.497 e. The molecule has 1 aromatic carbocycles. The first-order chi connectivity index (χ1) is 16.5. The summed E-state index contributed by atoms with van der Waals surface area (Å²) in [5.41, 5.74) is 1.33. The van der Waals surface area contributed by atoms with Crippen LogP contribution < -0.4 is 10.3 Å². The van der Waals surface area contributed by atoms with Crippen LogP contribution in [0.15, 0.2) is 46.6 Å². The number of nitrogens with one attached hydrogen (secondary N) is 1. The second-order valence-electron chi connectivity index (χ2n) is 8.50. The summed E-state index contributed by atoms with van der Waals surface area (Å²) >= 11 is 1.70. The number of hydrogen-bond donors (Lipinski definition) is 1. The van der Waals surface area contributed by atoms with E-state index >= 15 is 0 Å². The standard InChI is InChI=1S/C24H30N6O3S/c1-16(2)22(23-26-27-28-30(23)9-10-32-3)29(15-20-6-5-11-34-20)14-18-12-17-7-8-19(33-4)13-21(17)25-24(18)31/h5-8,11-13,16,22H,9-10,14-15H2,1-4H3,(H,25,31)/t22-/m1/s1. The van der Waals surface area contributed by atoms with Gasteiger partial charge in [0.1, 0.15) is 5.75 Å². The smallest absolute Gasteiger partial charge is 0.252 e. The summed E-state index contributed by atoms with van der Waals surface area (Å²) < 4.78 is 12.3. The molecule has 0 saturated carbocycles. The second-order valence-corrected chi connectivity index (χ2v) is 9.54. The lowest BCUT2D eigenvalue weighted by atomic mass is 10.00. The number of rotatable bonds is 11. The number of nitrogens with zero attached hydrogens (tertiary/aromatic N) is 5. The molecule has 1 atom stereocenters. The van der Waals surface area contributed by atoms with Crippen molar-refractivity contribution in [3.05, 3.63) is 68.4 Å². The Morgan fingerprint density at radius 3 is 2.74 bits per heavy atom. The Labute approximate surface area is 202 Å². The van der Waals surface area contributed by atoms with Gasteiger partial charge in [0, 0.05) is 36.7 Å². The average molecular weight is 483 g/mol. The molecule has 4 aromatic rings. The molecule has 0 bridgehead atoms. The Hall–Kier alpha value is -3.08. The summed E-state index contributed by atoms with van der Waals surface area (Å²) in [6, 6.07) is 11.7. The third-order valence-corrected chi connectivity index (χ3v) is 6.66. The van der Waals surface area contributed by atoms with E-state index in [0.29, 0.717) is 37.6 Å². The van der Waals surface area contributed by atoms with Crippen molar-refractivity contribution < 1.29 is 9.47 Å². The molecule has 10 heteroatoms. The van der Waals surface area contributed by atoms with E-state index in [9.17, 15) is 4.79 Å². The second kappa shape index (κ2) is 10.9. The van der Waals surface area contributed by atoms with Gasteiger partial charge < -0.3 is 14.5 Å². The molecule has 0 radical (unpaired) electrons. The number of benzene rings is 1. The first-order valence-corrected chi connectivity index (χ1v) is 12.1. The molecule has 0 unspecified atom stereocenters. The quantitative estimate of drug-likeness (QED) is 0.349. The van der Waals surface area contributed by atoms with Crippen molar-refractivity contribution in [3.8, 4) is 5.75 Å². The minimum absolute atomic E-state index is 0.0973. The summed E-state index contributed by atoms with van der Waals surface area (Å²) in [6.07, 6.45) is 0. The molecule has 180 valence electrons. The van der Waals surface area contributed by atoms with Gasteiger partial charge >= 0.3 is 0 Å². The Morgan fingerprint density at radius 1 is 1.18 bits per heavy atom. The number of H-pyrrole nitrogens is 1. The third kappa shape index (κ3) is 5.35. The monoisotopic (exact) mass is 482 g/mol. The van der Waals surface area contributed by atoms with E-state index < -0.39 is 0 Å². The van der Waals surface area contributed by atoms with Crippen LogP contribution >= 0.6 is 11.3 Å². The predicted octanol–water partition coefficient (Wildman–Crippen LogP) is 3.63. The van der Waals surface area contributed by atoms with Crippen LogP contribution in [0.1, 0.15) is 36.2 Å². The molecule has 0 fully saturated rings. The molecular formula is C24H30N6O3S. The normalized spacial score (nSPS) is 12.6. The van der Waals surface area contributed by atoms with Crippen LogP contribution in [0.5, 0.6) is 5.75 Å². The maximum atomic E-state index is 13.1. The van der Waals surface area contributed by atoms with Gasteiger partial charge in [0.25, 0.3) is 5.56 Å². The van der Waals surface area contributed by atoms with Crippen LogP contribution in [0.25, 0.3) is 10.9 Å². The van der Waals surface area contributed by atoms with Gasteiger partial charge in [-0.1, -0.05) is 19.9 Å². The highest BCUT2D eigenvalue weighted by molar-refractivity contribution is 7.09. The van der Waals surface area contributed by atoms with Crippen molar-refractivity contribution in [3.63, 3.8) is 0 Å². The van der Waals surface area contributed by atoms with Crippen LogP contribution in [-0.4, -0.2) is 50.9 Å². The van der Waals surface area contributed by atoms with Gasteiger partial charge in [0.2, 0.25) is 0 Å². The van der Waals surface area contributed by atoms with Crippen molar-refractivity contribution in [2.24, 2.45) is 5.92 Å². The maximum absolute atomic E-state index is 13.1. The van der Waals surface area contributed by atoms with Gasteiger partial charge in [0.15, 0.2) is 5.82 Å². The molecule has 0 amide bonds. The molecule has 9 nitrogen and oxygen atoms in total. The Bertz CT molecular complexity index is 1270. The average Bonchev–Trinajstić information content (AvgIpc) is 3.50. The summed E-state index contributed by atoms with van der Waals surface area (Å²) in [7, 11) is 3.27. The number of aromatic amines is 1. The molecule has 0 aliphatic rings. The summed E-state index contributed by atoms with van der Waals surface area (Å²) in [5, 5.41) is 15.5. The fourth-order valence-electron chi connectivity index (χ4n) is 4.19. The number of fused-ring (bicyclic) bond motifs is 1. The van der Waals surface area contributed by atoms with E-state index in [0.717, 1.165) is 16.7 Å². The summed E-state index contributed by atoms with van der Waals surface area (Å²) in [6.45, 7) is 6.51. The molecule has 3 aromatic heterocycles. The highest BCUT2D eigenvalue weighted by Gasteiger charge is 2.30. The zero-order valence-electron chi connectivity index (χ0n) is 19.9. The Balaban J connectivity index is 1.73. The lowest BCUT2D eigenvalue weighted by molar-refractivity contribution is 0.122. The predicted molar refractivity (Wildman–Crippen MR) is 132 cm³/mol. The van der Waals surface area contributed by atoms with Crippen molar-refractivity contribution >= 4 is 22.2 Å². The molecule has 0 saturated heterocycles. The summed E-state index contributed by atoms with van der Waals surface area (Å²) in [5.74, 6) is 1.68. The fraction of sp³-hybridized carbons (Fsp3) is 0.417. The number of aromatic nitrogens is 5. The number of pyridine rings is 1. The molecular weight excluding hydrogens is 452 g/mol. The first-order valence-electron chi connectivity index (χ1n) is 11.2. The molecule has 34 heavy (non-hydrogen) atoms. The van der Waals surface area contributed by atoms with E-state index in [1.165, 1.54) is 4.88 Å². The van der Waals surface area contributed by atoms with Crippen LogP contribution in [0.4, 0.5) is 0 Å². The molecule has 1 N–H and O–H groups in total.